The van der Waals surface area contributed by atoms with Gasteiger partial charge in [-0.2, -0.15) is 0 Å². The van der Waals surface area contributed by atoms with E-state index in [4.69, 9.17) is 4.42 Å². The third kappa shape index (κ3) is 4.34. The van der Waals surface area contributed by atoms with Gasteiger partial charge < -0.3 is 15.1 Å². The SMILES string of the molecule is CCN(CC)C(CNC(=O)[C@H]1CCN[C@@H](C)C1)c1ccco1. The molecular formula is C17H29N3O2. The van der Waals surface area contributed by atoms with E-state index in [1.54, 1.807) is 6.26 Å². The summed E-state index contributed by atoms with van der Waals surface area (Å²) in [5.74, 6) is 1.23. The lowest BCUT2D eigenvalue weighted by atomic mass is 9.92. The number of hydrogen-bond donors (Lipinski definition) is 2. The van der Waals surface area contributed by atoms with E-state index in [2.05, 4.69) is 36.3 Å². The van der Waals surface area contributed by atoms with Gasteiger partial charge in [0.15, 0.2) is 0 Å². The highest BCUT2D eigenvalue weighted by Crippen LogP contribution is 2.21. The highest BCUT2D eigenvalue weighted by Gasteiger charge is 2.27. The fourth-order valence-corrected chi connectivity index (χ4v) is 3.27. The van der Waals surface area contributed by atoms with Crippen LogP contribution in [0.4, 0.5) is 0 Å². The van der Waals surface area contributed by atoms with Gasteiger partial charge in [0.05, 0.1) is 12.3 Å². The maximum absolute atomic E-state index is 12.4. The lowest BCUT2D eigenvalue weighted by Gasteiger charge is -2.30. The number of nitrogens with one attached hydrogen (secondary N) is 2. The molecule has 1 aromatic rings. The van der Waals surface area contributed by atoms with Gasteiger partial charge in [-0.15, -0.1) is 0 Å². The Balaban J connectivity index is 1.94. The summed E-state index contributed by atoms with van der Waals surface area (Å²) in [6, 6.07) is 4.42. The van der Waals surface area contributed by atoms with Crippen molar-refractivity contribution >= 4 is 5.91 Å². The van der Waals surface area contributed by atoms with Crippen molar-refractivity contribution in [3.05, 3.63) is 24.2 Å². The number of carbonyl (C=O) groups is 1. The quantitative estimate of drug-likeness (QED) is 0.810. The van der Waals surface area contributed by atoms with E-state index in [0.29, 0.717) is 12.6 Å². The molecule has 1 aliphatic heterocycles. The zero-order valence-electron chi connectivity index (χ0n) is 14.0. The molecule has 1 fully saturated rings. The van der Waals surface area contributed by atoms with Crippen LogP contribution < -0.4 is 10.6 Å². The Bertz CT molecular complexity index is 443. The molecule has 1 aliphatic rings. The third-order valence-electron chi connectivity index (χ3n) is 4.59. The largest absolute Gasteiger partial charge is 0.468 e. The number of furan rings is 1. The Morgan fingerprint density at radius 3 is 2.86 bits per heavy atom. The summed E-state index contributed by atoms with van der Waals surface area (Å²) in [5, 5.41) is 6.53. The highest BCUT2D eigenvalue weighted by molar-refractivity contribution is 5.78. The minimum Gasteiger partial charge on any atom is -0.468 e. The number of carbonyl (C=O) groups excluding carboxylic acids is 1. The van der Waals surface area contributed by atoms with Gasteiger partial charge in [-0.1, -0.05) is 13.8 Å². The van der Waals surface area contributed by atoms with Crippen molar-refractivity contribution in [1.82, 2.24) is 15.5 Å². The number of amides is 1. The van der Waals surface area contributed by atoms with Crippen LogP contribution >= 0.6 is 0 Å². The fourth-order valence-electron chi connectivity index (χ4n) is 3.27. The third-order valence-corrected chi connectivity index (χ3v) is 4.59. The molecule has 0 saturated carbocycles. The van der Waals surface area contributed by atoms with Gasteiger partial charge >= 0.3 is 0 Å². The van der Waals surface area contributed by atoms with Crippen LogP contribution in [0.2, 0.25) is 0 Å². The number of nitrogens with zero attached hydrogens (tertiary/aromatic N) is 1. The fraction of sp³-hybridized carbons (Fsp3) is 0.706. The lowest BCUT2D eigenvalue weighted by molar-refractivity contribution is -0.126. The van der Waals surface area contributed by atoms with Gasteiger partial charge in [-0.05, 0) is 51.5 Å². The number of rotatable bonds is 7. The molecule has 1 amide bonds. The van der Waals surface area contributed by atoms with Crippen LogP contribution in [0, 0.1) is 5.92 Å². The molecule has 5 nitrogen and oxygen atoms in total. The first-order valence-corrected chi connectivity index (χ1v) is 8.44. The Kier molecular flexibility index (Phi) is 6.46. The molecule has 5 heteroatoms. The first-order chi connectivity index (χ1) is 10.7. The molecule has 1 saturated heterocycles. The summed E-state index contributed by atoms with van der Waals surface area (Å²) in [6.45, 7) is 9.81. The van der Waals surface area contributed by atoms with Gasteiger partial charge in [-0.25, -0.2) is 0 Å². The molecule has 0 aromatic carbocycles. The van der Waals surface area contributed by atoms with E-state index >= 15 is 0 Å². The Labute approximate surface area is 133 Å². The monoisotopic (exact) mass is 307 g/mol. The average Bonchev–Trinajstić information content (AvgIpc) is 3.05. The molecule has 0 radical (unpaired) electrons. The van der Waals surface area contributed by atoms with Crippen LogP contribution in [-0.2, 0) is 4.79 Å². The van der Waals surface area contributed by atoms with Crippen LogP contribution in [0.25, 0.3) is 0 Å². The van der Waals surface area contributed by atoms with Crippen LogP contribution in [0.5, 0.6) is 0 Å². The first kappa shape index (κ1) is 17.0. The van der Waals surface area contributed by atoms with Crippen molar-refractivity contribution in [1.29, 1.82) is 0 Å². The average molecular weight is 307 g/mol. The molecule has 124 valence electrons. The van der Waals surface area contributed by atoms with Crippen molar-refractivity contribution in [2.75, 3.05) is 26.2 Å². The molecule has 1 aromatic heterocycles. The van der Waals surface area contributed by atoms with Gasteiger partial charge in [0.25, 0.3) is 0 Å². The molecule has 2 N–H and O–H groups in total. The Morgan fingerprint density at radius 2 is 2.27 bits per heavy atom. The number of piperidine rings is 1. The molecule has 1 unspecified atom stereocenters. The summed E-state index contributed by atoms with van der Waals surface area (Å²) in [7, 11) is 0. The first-order valence-electron chi connectivity index (χ1n) is 8.44. The molecule has 22 heavy (non-hydrogen) atoms. The van der Waals surface area contributed by atoms with Crippen molar-refractivity contribution in [3.8, 4) is 0 Å². The molecule has 2 heterocycles. The van der Waals surface area contributed by atoms with Crippen LogP contribution in [0.1, 0.15) is 45.4 Å². The van der Waals surface area contributed by atoms with E-state index in [1.807, 2.05) is 12.1 Å². The van der Waals surface area contributed by atoms with E-state index in [-0.39, 0.29) is 17.9 Å². The normalized spacial score (nSPS) is 23.5. The lowest BCUT2D eigenvalue weighted by Crippen LogP contribution is -2.44. The van der Waals surface area contributed by atoms with Crippen LogP contribution in [-0.4, -0.2) is 43.0 Å². The second-order valence-corrected chi connectivity index (χ2v) is 6.07. The van der Waals surface area contributed by atoms with Crippen molar-refractivity contribution < 1.29 is 9.21 Å². The molecule has 0 bridgehead atoms. The standard InChI is InChI=1S/C17H29N3O2/c1-4-20(5-2)15(16-7-6-10-22-16)12-19-17(21)14-8-9-18-13(3)11-14/h6-7,10,13-15,18H,4-5,8-9,11-12H2,1-3H3,(H,19,21)/t13-,14-,15?/m0/s1. The van der Waals surface area contributed by atoms with Gasteiger partial charge in [0.2, 0.25) is 5.91 Å². The van der Waals surface area contributed by atoms with E-state index in [0.717, 1.165) is 38.2 Å². The minimum absolute atomic E-state index is 0.105. The predicted molar refractivity (Wildman–Crippen MR) is 87.6 cm³/mol. The Hall–Kier alpha value is -1.33. The molecule has 0 spiro atoms. The molecule has 0 aliphatic carbocycles. The van der Waals surface area contributed by atoms with Crippen LogP contribution in [0.15, 0.2) is 22.8 Å². The number of hydrogen-bond acceptors (Lipinski definition) is 4. The second kappa shape index (κ2) is 8.34. The topological polar surface area (TPSA) is 57.5 Å². The predicted octanol–water partition coefficient (Wildman–Crippen LogP) is 2.17. The van der Waals surface area contributed by atoms with Gasteiger partial charge in [-0.3, -0.25) is 9.69 Å². The van der Waals surface area contributed by atoms with Gasteiger partial charge in [0, 0.05) is 18.5 Å². The van der Waals surface area contributed by atoms with E-state index in [1.165, 1.54) is 0 Å². The maximum atomic E-state index is 12.4. The molecule has 2 rings (SSSR count). The summed E-state index contributed by atoms with van der Waals surface area (Å²) >= 11 is 0. The summed E-state index contributed by atoms with van der Waals surface area (Å²) < 4.78 is 5.57. The maximum Gasteiger partial charge on any atom is 0.223 e. The summed E-state index contributed by atoms with van der Waals surface area (Å²) in [6.07, 6.45) is 3.54. The molecule has 3 atom stereocenters. The van der Waals surface area contributed by atoms with Crippen LogP contribution in [0.3, 0.4) is 0 Å². The van der Waals surface area contributed by atoms with E-state index < -0.39 is 0 Å². The van der Waals surface area contributed by atoms with E-state index in [9.17, 15) is 4.79 Å². The highest BCUT2D eigenvalue weighted by atomic mass is 16.3. The second-order valence-electron chi connectivity index (χ2n) is 6.07. The minimum atomic E-state index is 0.105. The Morgan fingerprint density at radius 1 is 1.50 bits per heavy atom. The number of likely N-dealkylation sites (N-methyl/N-ethyl adjacent to an activating group) is 1. The zero-order valence-corrected chi connectivity index (χ0v) is 14.0. The summed E-state index contributed by atoms with van der Waals surface area (Å²) in [4.78, 5) is 14.7. The summed E-state index contributed by atoms with van der Waals surface area (Å²) in [5.41, 5.74) is 0. The van der Waals surface area contributed by atoms with Gasteiger partial charge in [0.1, 0.15) is 5.76 Å². The van der Waals surface area contributed by atoms with Crippen molar-refractivity contribution in [2.24, 2.45) is 5.92 Å². The zero-order chi connectivity index (χ0) is 15.9. The van der Waals surface area contributed by atoms with Crippen molar-refractivity contribution in [2.45, 2.75) is 45.7 Å². The molecular weight excluding hydrogens is 278 g/mol. The smallest absolute Gasteiger partial charge is 0.223 e. The van der Waals surface area contributed by atoms with Crippen molar-refractivity contribution in [3.63, 3.8) is 0 Å².